The van der Waals surface area contributed by atoms with Crippen molar-refractivity contribution in [2.24, 2.45) is 4.99 Å². The summed E-state index contributed by atoms with van der Waals surface area (Å²) in [6, 6.07) is 3.69. The van der Waals surface area contributed by atoms with E-state index in [1.165, 1.54) is 11.3 Å². The number of hydrogen-bond acceptors (Lipinski definition) is 5. The number of hydrogen-bond donors (Lipinski definition) is 3. The fourth-order valence-corrected chi connectivity index (χ4v) is 2.14. The van der Waals surface area contributed by atoms with E-state index in [4.69, 9.17) is 0 Å². The lowest BCUT2D eigenvalue weighted by atomic mass is 10.4. The highest BCUT2D eigenvalue weighted by atomic mass is 127. The standard InChI is InChI=1S/C11H16N4OS.HI/c16-10(9-3-1-8-17-9)12-6-7-15-11-13-4-2-5-14-11;/h1,3,8H,2,4-7H2,(H,12,16)(H2,13,14,15);1H. The van der Waals surface area contributed by atoms with E-state index in [2.05, 4.69) is 20.9 Å². The van der Waals surface area contributed by atoms with Crippen LogP contribution in [0.3, 0.4) is 0 Å². The average Bonchev–Trinajstić information content (AvgIpc) is 2.89. The van der Waals surface area contributed by atoms with Crippen LogP contribution in [-0.4, -0.2) is 38.0 Å². The monoisotopic (exact) mass is 380 g/mol. The first-order valence-electron chi connectivity index (χ1n) is 5.70. The number of nitrogens with zero attached hydrogens (tertiary/aromatic N) is 1. The van der Waals surface area contributed by atoms with Gasteiger partial charge in [0.25, 0.3) is 5.91 Å². The van der Waals surface area contributed by atoms with Gasteiger partial charge in [-0.05, 0) is 17.9 Å². The molecule has 1 aromatic rings. The van der Waals surface area contributed by atoms with Gasteiger partial charge >= 0.3 is 0 Å². The molecule has 0 spiro atoms. The quantitative estimate of drug-likeness (QED) is 0.540. The molecule has 0 atom stereocenters. The summed E-state index contributed by atoms with van der Waals surface area (Å²) in [4.78, 5) is 16.6. The second-order valence-electron chi connectivity index (χ2n) is 3.67. The van der Waals surface area contributed by atoms with Crippen molar-refractivity contribution in [3.05, 3.63) is 22.4 Å². The van der Waals surface area contributed by atoms with Crippen LogP contribution in [-0.2, 0) is 0 Å². The predicted octanol–water partition coefficient (Wildman–Crippen LogP) is 1.03. The van der Waals surface area contributed by atoms with Crippen molar-refractivity contribution in [1.82, 2.24) is 16.0 Å². The highest BCUT2D eigenvalue weighted by Gasteiger charge is 2.05. The van der Waals surface area contributed by atoms with Crippen LogP contribution in [0.15, 0.2) is 22.5 Å². The van der Waals surface area contributed by atoms with Gasteiger partial charge in [0, 0.05) is 26.2 Å². The van der Waals surface area contributed by atoms with E-state index in [1.54, 1.807) is 0 Å². The van der Waals surface area contributed by atoms with Gasteiger partial charge in [-0.25, -0.2) is 0 Å². The number of rotatable bonds is 4. The average molecular weight is 380 g/mol. The second kappa shape index (κ2) is 8.30. The molecule has 100 valence electrons. The predicted molar refractivity (Wildman–Crippen MR) is 85.0 cm³/mol. The van der Waals surface area contributed by atoms with E-state index in [9.17, 15) is 4.79 Å². The zero-order valence-corrected chi connectivity index (χ0v) is 13.1. The van der Waals surface area contributed by atoms with Gasteiger partial charge in [-0.1, -0.05) is 6.07 Å². The number of guanidine groups is 1. The van der Waals surface area contributed by atoms with E-state index in [0.29, 0.717) is 13.1 Å². The van der Waals surface area contributed by atoms with Crippen molar-refractivity contribution in [3.63, 3.8) is 0 Å². The largest absolute Gasteiger partial charge is 0.356 e. The van der Waals surface area contributed by atoms with Crippen molar-refractivity contribution in [1.29, 1.82) is 0 Å². The Balaban J connectivity index is 0.00000162. The fourth-order valence-electron chi connectivity index (χ4n) is 1.50. The zero-order valence-electron chi connectivity index (χ0n) is 9.94. The van der Waals surface area contributed by atoms with Crippen LogP contribution in [0.5, 0.6) is 0 Å². The molecule has 1 aromatic heterocycles. The second-order valence-corrected chi connectivity index (χ2v) is 4.62. The Morgan fingerprint density at radius 2 is 2.39 bits per heavy atom. The molecule has 3 N–H and O–H groups in total. The normalized spacial score (nSPS) is 13.9. The molecule has 0 aliphatic carbocycles. The van der Waals surface area contributed by atoms with Crippen LogP contribution in [0, 0.1) is 0 Å². The van der Waals surface area contributed by atoms with E-state index in [0.717, 1.165) is 30.3 Å². The van der Waals surface area contributed by atoms with Gasteiger partial charge in [0.2, 0.25) is 0 Å². The van der Waals surface area contributed by atoms with Crippen molar-refractivity contribution < 1.29 is 4.79 Å². The smallest absolute Gasteiger partial charge is 0.261 e. The number of carbonyl (C=O) groups is 1. The minimum absolute atomic E-state index is 0. The maximum Gasteiger partial charge on any atom is 0.261 e. The van der Waals surface area contributed by atoms with Gasteiger partial charge in [0.15, 0.2) is 5.96 Å². The van der Waals surface area contributed by atoms with Gasteiger partial charge in [-0.15, -0.1) is 35.3 Å². The van der Waals surface area contributed by atoms with Crippen LogP contribution < -0.4 is 16.0 Å². The molecule has 1 amide bonds. The van der Waals surface area contributed by atoms with E-state index < -0.39 is 0 Å². The number of nitrogens with one attached hydrogen (secondary N) is 3. The molecule has 1 aliphatic heterocycles. The molecule has 2 heterocycles. The van der Waals surface area contributed by atoms with Crippen LogP contribution in [0.1, 0.15) is 16.1 Å². The SMILES string of the molecule is I.O=C(NCCNC1=NCCCN1)c1cccs1. The highest BCUT2D eigenvalue weighted by Crippen LogP contribution is 2.07. The van der Waals surface area contributed by atoms with Gasteiger partial charge in [-0.2, -0.15) is 0 Å². The lowest BCUT2D eigenvalue weighted by Crippen LogP contribution is -2.43. The molecule has 0 aromatic carbocycles. The Morgan fingerprint density at radius 3 is 3.06 bits per heavy atom. The molecule has 0 fully saturated rings. The summed E-state index contributed by atoms with van der Waals surface area (Å²) in [7, 11) is 0. The van der Waals surface area contributed by atoms with Crippen molar-refractivity contribution >= 4 is 47.2 Å². The topological polar surface area (TPSA) is 65.5 Å². The molecule has 1 aliphatic rings. The molecule has 18 heavy (non-hydrogen) atoms. The van der Waals surface area contributed by atoms with Gasteiger partial charge < -0.3 is 16.0 Å². The van der Waals surface area contributed by atoms with E-state index in [-0.39, 0.29) is 29.9 Å². The summed E-state index contributed by atoms with van der Waals surface area (Å²) in [5.74, 6) is 0.821. The van der Waals surface area contributed by atoms with Crippen molar-refractivity contribution in [2.75, 3.05) is 26.2 Å². The molecule has 0 saturated carbocycles. The first kappa shape index (κ1) is 15.2. The summed E-state index contributed by atoms with van der Waals surface area (Å²) in [6.07, 6.45) is 1.08. The number of aliphatic imine (C=N–C) groups is 1. The summed E-state index contributed by atoms with van der Waals surface area (Å²) in [5.41, 5.74) is 0. The lowest BCUT2D eigenvalue weighted by Gasteiger charge is -2.15. The third-order valence-electron chi connectivity index (χ3n) is 2.35. The Morgan fingerprint density at radius 1 is 1.50 bits per heavy atom. The molecule has 2 rings (SSSR count). The summed E-state index contributed by atoms with van der Waals surface area (Å²) in [5, 5.41) is 11.1. The highest BCUT2D eigenvalue weighted by molar-refractivity contribution is 14.0. The summed E-state index contributed by atoms with van der Waals surface area (Å²) in [6.45, 7) is 3.12. The van der Waals surface area contributed by atoms with Gasteiger partial charge in [-0.3, -0.25) is 9.79 Å². The van der Waals surface area contributed by atoms with Crippen LogP contribution in [0.2, 0.25) is 0 Å². The Bertz CT molecular complexity index is 394. The van der Waals surface area contributed by atoms with E-state index >= 15 is 0 Å². The fraction of sp³-hybridized carbons (Fsp3) is 0.455. The maximum atomic E-state index is 11.6. The Kier molecular flexibility index (Phi) is 7.02. The maximum absolute atomic E-state index is 11.6. The molecular weight excluding hydrogens is 363 g/mol. The van der Waals surface area contributed by atoms with Crippen molar-refractivity contribution in [2.45, 2.75) is 6.42 Å². The van der Waals surface area contributed by atoms with Gasteiger partial charge in [0.1, 0.15) is 0 Å². The van der Waals surface area contributed by atoms with Crippen LogP contribution >= 0.6 is 35.3 Å². The first-order valence-corrected chi connectivity index (χ1v) is 6.58. The molecular formula is C11H17IN4OS. The number of amides is 1. The molecule has 0 unspecified atom stereocenters. The first-order chi connectivity index (χ1) is 8.36. The molecule has 0 bridgehead atoms. The van der Waals surface area contributed by atoms with E-state index in [1.807, 2.05) is 17.5 Å². The summed E-state index contributed by atoms with van der Waals surface area (Å²) < 4.78 is 0. The number of carbonyl (C=O) groups excluding carboxylic acids is 1. The third kappa shape index (κ3) is 4.81. The molecule has 0 saturated heterocycles. The Labute approximate surface area is 127 Å². The summed E-state index contributed by atoms with van der Waals surface area (Å²) >= 11 is 1.45. The Hall–Kier alpha value is -0.830. The minimum atomic E-state index is -0.0136. The van der Waals surface area contributed by atoms with Gasteiger partial charge in [0.05, 0.1) is 4.88 Å². The third-order valence-corrected chi connectivity index (χ3v) is 3.21. The number of thiophene rings is 1. The minimum Gasteiger partial charge on any atom is -0.356 e. The molecule has 5 nitrogen and oxygen atoms in total. The molecule has 0 radical (unpaired) electrons. The molecule has 7 heteroatoms. The van der Waals surface area contributed by atoms with Crippen LogP contribution in [0.4, 0.5) is 0 Å². The zero-order chi connectivity index (χ0) is 11.9. The lowest BCUT2D eigenvalue weighted by molar-refractivity contribution is 0.0958. The number of halogens is 1. The van der Waals surface area contributed by atoms with Crippen molar-refractivity contribution in [3.8, 4) is 0 Å². The van der Waals surface area contributed by atoms with Crippen LogP contribution in [0.25, 0.3) is 0 Å².